The average Bonchev–Trinajstić information content (AvgIpc) is 2.77. The molecule has 1 N–H and O–H groups in total. The number of rotatable bonds is 5. The third kappa shape index (κ3) is 4.21. The van der Waals surface area contributed by atoms with Crippen molar-refractivity contribution < 1.29 is 9.59 Å². The van der Waals surface area contributed by atoms with Crippen LogP contribution in [0.15, 0.2) is 71.9 Å². The Balaban J connectivity index is 1.80. The van der Waals surface area contributed by atoms with E-state index in [4.69, 9.17) is 0 Å². The summed E-state index contributed by atoms with van der Waals surface area (Å²) in [7, 11) is 0. The molecule has 0 fully saturated rings. The molecule has 0 saturated carbocycles. The van der Waals surface area contributed by atoms with Crippen LogP contribution >= 0.6 is 0 Å². The molecule has 0 radical (unpaired) electrons. The van der Waals surface area contributed by atoms with E-state index >= 15 is 0 Å². The number of carbonyl (C=O) groups excluding carboxylic acids is 2. The van der Waals surface area contributed by atoms with Gasteiger partial charge in [-0.15, -0.1) is 0 Å². The van der Waals surface area contributed by atoms with Crippen molar-refractivity contribution in [2.75, 3.05) is 5.32 Å². The fraction of sp³-hybridized carbons (Fsp3) is 0.154. The highest BCUT2D eigenvalue weighted by Gasteiger charge is 2.19. The van der Waals surface area contributed by atoms with Crippen molar-refractivity contribution in [2.24, 2.45) is 0 Å². The van der Waals surface area contributed by atoms with Gasteiger partial charge in [-0.1, -0.05) is 12.1 Å². The van der Waals surface area contributed by atoms with Gasteiger partial charge in [-0.3, -0.25) is 19.4 Å². The number of aryl methyl sites for hydroxylation is 3. The summed E-state index contributed by atoms with van der Waals surface area (Å²) in [5.41, 5.74) is 4.33. The number of amides is 1. The lowest BCUT2D eigenvalue weighted by Crippen LogP contribution is -2.24. The van der Waals surface area contributed by atoms with Gasteiger partial charge in [0.05, 0.1) is 11.1 Å². The number of nitrogens with zero attached hydrogens (tertiary/aromatic N) is 2. The van der Waals surface area contributed by atoms with E-state index in [0.29, 0.717) is 22.2 Å². The predicted octanol–water partition coefficient (Wildman–Crippen LogP) is 4.19. The molecule has 6 heteroatoms. The molecular weight excluding hydrogens is 402 g/mol. The van der Waals surface area contributed by atoms with Crippen molar-refractivity contribution in [2.45, 2.75) is 27.3 Å². The van der Waals surface area contributed by atoms with E-state index in [1.807, 2.05) is 51.1 Å². The van der Waals surface area contributed by atoms with Gasteiger partial charge < -0.3 is 9.88 Å². The van der Waals surface area contributed by atoms with E-state index in [1.165, 1.54) is 18.6 Å². The first-order chi connectivity index (χ1) is 15.3. The van der Waals surface area contributed by atoms with Crippen molar-refractivity contribution in [3.63, 3.8) is 0 Å². The number of aromatic nitrogens is 2. The Morgan fingerprint density at radius 2 is 1.69 bits per heavy atom. The van der Waals surface area contributed by atoms with E-state index < -0.39 is 5.78 Å². The average molecular weight is 425 g/mol. The number of anilines is 1. The number of ketones is 1. The van der Waals surface area contributed by atoms with Crippen LogP contribution in [-0.2, 0) is 11.3 Å². The number of carbonyl (C=O) groups is 2. The summed E-state index contributed by atoms with van der Waals surface area (Å²) < 4.78 is 1.67. The number of fused-ring (bicyclic) bond motifs is 1. The minimum atomic E-state index is -0.398. The molecule has 0 aliphatic rings. The number of pyridine rings is 2. The zero-order chi connectivity index (χ0) is 22.8. The first-order valence-electron chi connectivity index (χ1n) is 10.3. The molecule has 1 amide bonds. The van der Waals surface area contributed by atoms with Crippen LogP contribution in [0.1, 0.15) is 32.6 Å². The number of hydrogen-bond acceptors (Lipinski definition) is 4. The summed E-state index contributed by atoms with van der Waals surface area (Å²) in [5.74, 6) is -0.647. The van der Waals surface area contributed by atoms with Crippen molar-refractivity contribution in [3.05, 3.63) is 105 Å². The van der Waals surface area contributed by atoms with E-state index in [2.05, 4.69) is 10.3 Å². The number of hydrogen-bond donors (Lipinski definition) is 1. The molecule has 4 rings (SSSR count). The second kappa shape index (κ2) is 8.59. The molecule has 4 aromatic rings. The van der Waals surface area contributed by atoms with E-state index in [-0.39, 0.29) is 23.4 Å². The molecule has 2 aromatic heterocycles. The Kier molecular flexibility index (Phi) is 5.69. The maximum Gasteiger partial charge on any atom is 0.244 e. The molecule has 160 valence electrons. The molecule has 32 heavy (non-hydrogen) atoms. The zero-order valence-electron chi connectivity index (χ0n) is 18.2. The van der Waals surface area contributed by atoms with Crippen LogP contribution in [0.5, 0.6) is 0 Å². The van der Waals surface area contributed by atoms with Crippen LogP contribution in [0.2, 0.25) is 0 Å². The molecule has 0 unspecified atom stereocenters. The maximum absolute atomic E-state index is 13.2. The largest absolute Gasteiger partial charge is 0.337 e. The number of benzene rings is 2. The SMILES string of the molecule is Cc1cccc(NC(=O)Cn2cc(C(=O)c3ccncc3)c(=O)c3cc(C)c(C)cc32)c1. The third-order valence-electron chi connectivity index (χ3n) is 5.50. The molecule has 6 nitrogen and oxygen atoms in total. The molecule has 0 bridgehead atoms. The van der Waals surface area contributed by atoms with Crippen molar-refractivity contribution in [1.29, 1.82) is 0 Å². The van der Waals surface area contributed by atoms with Crippen molar-refractivity contribution in [3.8, 4) is 0 Å². The van der Waals surface area contributed by atoms with Gasteiger partial charge in [-0.25, -0.2) is 0 Å². The molecule has 0 aliphatic carbocycles. The third-order valence-corrected chi connectivity index (χ3v) is 5.50. The first kappa shape index (κ1) is 21.2. The minimum absolute atomic E-state index is 0.0234. The molecule has 0 atom stereocenters. The lowest BCUT2D eigenvalue weighted by Gasteiger charge is -2.15. The summed E-state index contributed by atoms with van der Waals surface area (Å²) in [4.78, 5) is 43.1. The fourth-order valence-corrected chi connectivity index (χ4v) is 3.68. The Hall–Kier alpha value is -4.06. The van der Waals surface area contributed by atoms with Gasteiger partial charge in [0.1, 0.15) is 6.54 Å². The highest BCUT2D eigenvalue weighted by Crippen LogP contribution is 2.19. The van der Waals surface area contributed by atoms with Gasteiger partial charge in [0.2, 0.25) is 11.3 Å². The maximum atomic E-state index is 13.2. The fourth-order valence-electron chi connectivity index (χ4n) is 3.68. The smallest absolute Gasteiger partial charge is 0.244 e. The lowest BCUT2D eigenvalue weighted by atomic mass is 10.0. The topological polar surface area (TPSA) is 81.1 Å². The van der Waals surface area contributed by atoms with Crippen LogP contribution in [0.25, 0.3) is 10.9 Å². The van der Waals surface area contributed by atoms with Crippen LogP contribution in [0.4, 0.5) is 5.69 Å². The second-order valence-electron chi connectivity index (χ2n) is 7.94. The molecule has 2 aromatic carbocycles. The molecule has 0 spiro atoms. The Labute approximate surface area is 185 Å². The van der Waals surface area contributed by atoms with E-state index in [9.17, 15) is 14.4 Å². The predicted molar refractivity (Wildman–Crippen MR) is 125 cm³/mol. The van der Waals surface area contributed by atoms with E-state index in [1.54, 1.807) is 22.8 Å². The molecular formula is C26H23N3O3. The molecule has 0 aliphatic heterocycles. The first-order valence-corrected chi connectivity index (χ1v) is 10.3. The summed E-state index contributed by atoms with van der Waals surface area (Å²) in [5, 5.41) is 3.30. The van der Waals surface area contributed by atoms with Crippen LogP contribution in [-0.4, -0.2) is 21.2 Å². The Morgan fingerprint density at radius 1 is 0.969 bits per heavy atom. The van der Waals surface area contributed by atoms with Gasteiger partial charge in [-0.2, -0.15) is 0 Å². The Morgan fingerprint density at radius 3 is 2.41 bits per heavy atom. The van der Waals surface area contributed by atoms with Gasteiger partial charge in [0.25, 0.3) is 0 Å². The van der Waals surface area contributed by atoms with Crippen LogP contribution in [0.3, 0.4) is 0 Å². The van der Waals surface area contributed by atoms with Gasteiger partial charge in [-0.05, 0) is 73.9 Å². The molecule has 2 heterocycles. The summed E-state index contributed by atoms with van der Waals surface area (Å²) in [6.45, 7) is 5.78. The van der Waals surface area contributed by atoms with Gasteiger partial charge in [0.15, 0.2) is 5.78 Å². The highest BCUT2D eigenvalue weighted by atomic mass is 16.2. The summed E-state index contributed by atoms with van der Waals surface area (Å²) in [6, 6.07) is 14.3. The van der Waals surface area contributed by atoms with Crippen LogP contribution in [0, 0.1) is 20.8 Å². The zero-order valence-corrected chi connectivity index (χ0v) is 18.2. The van der Waals surface area contributed by atoms with Crippen molar-refractivity contribution in [1.82, 2.24) is 9.55 Å². The van der Waals surface area contributed by atoms with Crippen LogP contribution < -0.4 is 10.7 Å². The lowest BCUT2D eigenvalue weighted by molar-refractivity contribution is -0.116. The normalized spacial score (nSPS) is 10.8. The second-order valence-corrected chi connectivity index (χ2v) is 7.94. The quantitative estimate of drug-likeness (QED) is 0.486. The van der Waals surface area contributed by atoms with Gasteiger partial charge in [0, 0.05) is 35.2 Å². The summed E-state index contributed by atoms with van der Waals surface area (Å²) in [6.07, 6.45) is 4.50. The Bertz CT molecular complexity index is 1410. The summed E-state index contributed by atoms with van der Waals surface area (Å²) >= 11 is 0. The number of nitrogens with one attached hydrogen (secondary N) is 1. The highest BCUT2D eigenvalue weighted by molar-refractivity contribution is 6.10. The van der Waals surface area contributed by atoms with Crippen molar-refractivity contribution >= 4 is 28.3 Å². The standard InChI is InChI=1S/C26H23N3O3/c1-16-5-4-6-20(11-16)28-24(30)15-29-14-22(25(31)19-7-9-27-10-8-19)26(32)21-12-17(2)18(3)13-23(21)29/h4-14H,15H2,1-3H3,(H,28,30). The minimum Gasteiger partial charge on any atom is -0.337 e. The van der Waals surface area contributed by atoms with E-state index in [0.717, 1.165) is 16.7 Å². The monoisotopic (exact) mass is 425 g/mol. The molecule has 0 saturated heterocycles. The van der Waals surface area contributed by atoms with Gasteiger partial charge >= 0.3 is 0 Å².